The number of ether oxygens (including phenoxy) is 2. The normalized spacial score (nSPS) is 10.9. The number of rotatable bonds is 3. The van der Waals surface area contributed by atoms with E-state index in [9.17, 15) is 0 Å². The zero-order chi connectivity index (χ0) is 15.0. The quantitative estimate of drug-likeness (QED) is 0.768. The van der Waals surface area contributed by atoms with Crippen molar-refractivity contribution in [3.63, 3.8) is 0 Å². The van der Waals surface area contributed by atoms with Crippen LogP contribution < -0.4 is 9.47 Å². The third-order valence-corrected chi connectivity index (χ3v) is 3.89. The molecule has 0 aliphatic heterocycles. The van der Waals surface area contributed by atoms with Gasteiger partial charge in [-0.15, -0.1) is 0 Å². The van der Waals surface area contributed by atoms with Gasteiger partial charge in [-0.05, 0) is 49.2 Å². The molecular weight excluding hydrogens is 262 g/mol. The number of aromatic amines is 1. The van der Waals surface area contributed by atoms with Gasteiger partial charge in [0.05, 0.1) is 14.2 Å². The molecule has 0 atom stereocenters. The van der Waals surface area contributed by atoms with Crippen molar-refractivity contribution in [2.24, 2.45) is 0 Å². The molecule has 1 aromatic heterocycles. The molecule has 0 spiro atoms. The fourth-order valence-electron chi connectivity index (χ4n) is 2.73. The van der Waals surface area contributed by atoms with Gasteiger partial charge in [0, 0.05) is 22.2 Å². The van der Waals surface area contributed by atoms with Gasteiger partial charge in [0.1, 0.15) is 0 Å². The summed E-state index contributed by atoms with van der Waals surface area (Å²) in [6.45, 7) is 4.24. The molecule has 21 heavy (non-hydrogen) atoms. The molecule has 0 unspecified atom stereocenters. The Bertz CT molecular complexity index is 802. The Labute approximate surface area is 124 Å². The first kappa shape index (κ1) is 13.6. The molecule has 1 heterocycles. The van der Waals surface area contributed by atoms with E-state index < -0.39 is 0 Å². The maximum Gasteiger partial charge on any atom is 0.161 e. The predicted octanol–water partition coefficient (Wildman–Crippen LogP) is 4.47. The maximum absolute atomic E-state index is 5.39. The minimum absolute atomic E-state index is 0.740. The summed E-state index contributed by atoms with van der Waals surface area (Å²) in [5.41, 5.74) is 5.88. The fraction of sp³-hybridized carbons (Fsp3) is 0.222. The first-order chi connectivity index (χ1) is 10.1. The second kappa shape index (κ2) is 5.17. The van der Waals surface area contributed by atoms with Gasteiger partial charge in [0.15, 0.2) is 11.5 Å². The van der Waals surface area contributed by atoms with Crippen LogP contribution in [0.25, 0.3) is 22.2 Å². The highest BCUT2D eigenvalue weighted by Crippen LogP contribution is 2.35. The van der Waals surface area contributed by atoms with Gasteiger partial charge in [0.25, 0.3) is 0 Å². The van der Waals surface area contributed by atoms with E-state index in [1.54, 1.807) is 14.2 Å². The molecule has 108 valence electrons. The van der Waals surface area contributed by atoms with Crippen LogP contribution in [-0.4, -0.2) is 19.2 Å². The molecule has 1 N–H and O–H groups in total. The SMILES string of the molecule is COc1ccc(-c2[nH]c3cc(C)ccc3c2C)cc1OC. The number of hydrogen-bond acceptors (Lipinski definition) is 2. The largest absolute Gasteiger partial charge is 0.493 e. The topological polar surface area (TPSA) is 34.2 Å². The van der Waals surface area contributed by atoms with Gasteiger partial charge in [0.2, 0.25) is 0 Å². The van der Waals surface area contributed by atoms with Crippen LogP contribution >= 0.6 is 0 Å². The number of fused-ring (bicyclic) bond motifs is 1. The number of aryl methyl sites for hydroxylation is 2. The van der Waals surface area contributed by atoms with Gasteiger partial charge < -0.3 is 14.5 Å². The summed E-state index contributed by atoms with van der Waals surface area (Å²) in [5, 5.41) is 1.25. The van der Waals surface area contributed by atoms with Crippen molar-refractivity contribution in [1.29, 1.82) is 0 Å². The minimum atomic E-state index is 0.740. The van der Waals surface area contributed by atoms with E-state index in [4.69, 9.17) is 9.47 Å². The average Bonchev–Trinajstić information content (AvgIpc) is 2.82. The molecule has 0 bridgehead atoms. The van der Waals surface area contributed by atoms with Crippen LogP contribution in [0.1, 0.15) is 11.1 Å². The van der Waals surface area contributed by atoms with E-state index in [1.165, 1.54) is 16.5 Å². The molecule has 0 aliphatic carbocycles. The first-order valence-electron chi connectivity index (χ1n) is 6.95. The molecule has 0 saturated carbocycles. The Morgan fingerprint density at radius 2 is 1.62 bits per heavy atom. The second-order valence-electron chi connectivity index (χ2n) is 5.24. The summed E-state index contributed by atoms with van der Waals surface area (Å²) in [4.78, 5) is 3.51. The standard InChI is InChI=1S/C18H19NO2/c1-11-5-7-14-12(2)18(19-15(14)9-11)13-6-8-16(20-3)17(10-13)21-4/h5-10,19H,1-4H3. The van der Waals surface area contributed by atoms with Crippen LogP contribution in [-0.2, 0) is 0 Å². The summed E-state index contributed by atoms with van der Waals surface area (Å²) < 4.78 is 10.7. The van der Waals surface area contributed by atoms with E-state index in [1.807, 2.05) is 18.2 Å². The van der Waals surface area contributed by atoms with Crippen LogP contribution in [0, 0.1) is 13.8 Å². The number of methoxy groups -OCH3 is 2. The summed E-state index contributed by atoms with van der Waals surface area (Å²) in [5.74, 6) is 1.48. The summed E-state index contributed by atoms with van der Waals surface area (Å²) in [6.07, 6.45) is 0. The molecule has 3 aromatic rings. The third kappa shape index (κ3) is 2.25. The van der Waals surface area contributed by atoms with Gasteiger partial charge >= 0.3 is 0 Å². The van der Waals surface area contributed by atoms with Crippen molar-refractivity contribution in [3.05, 3.63) is 47.5 Å². The van der Waals surface area contributed by atoms with E-state index in [0.29, 0.717) is 0 Å². The van der Waals surface area contributed by atoms with Crippen molar-refractivity contribution in [2.45, 2.75) is 13.8 Å². The zero-order valence-electron chi connectivity index (χ0n) is 12.8. The fourth-order valence-corrected chi connectivity index (χ4v) is 2.73. The molecule has 3 rings (SSSR count). The third-order valence-electron chi connectivity index (χ3n) is 3.89. The lowest BCUT2D eigenvalue weighted by molar-refractivity contribution is 0.355. The van der Waals surface area contributed by atoms with Gasteiger partial charge in [-0.2, -0.15) is 0 Å². The van der Waals surface area contributed by atoms with Gasteiger partial charge in [-0.1, -0.05) is 12.1 Å². The lowest BCUT2D eigenvalue weighted by Gasteiger charge is -2.09. The molecule has 0 fully saturated rings. The molecule has 0 saturated heterocycles. The van der Waals surface area contributed by atoms with E-state index in [0.717, 1.165) is 28.3 Å². The van der Waals surface area contributed by atoms with Crippen LogP contribution in [0.15, 0.2) is 36.4 Å². The molecular formula is C18H19NO2. The van der Waals surface area contributed by atoms with Crippen molar-refractivity contribution >= 4 is 10.9 Å². The predicted molar refractivity (Wildman–Crippen MR) is 86.3 cm³/mol. The Morgan fingerprint density at radius 1 is 0.857 bits per heavy atom. The lowest BCUT2D eigenvalue weighted by atomic mass is 10.1. The summed E-state index contributed by atoms with van der Waals surface area (Å²) in [6, 6.07) is 12.5. The molecule has 0 radical (unpaired) electrons. The van der Waals surface area contributed by atoms with Crippen molar-refractivity contribution in [3.8, 4) is 22.8 Å². The minimum Gasteiger partial charge on any atom is -0.493 e. The van der Waals surface area contributed by atoms with Gasteiger partial charge in [-0.25, -0.2) is 0 Å². The maximum atomic E-state index is 5.39. The van der Waals surface area contributed by atoms with E-state index in [-0.39, 0.29) is 0 Å². The second-order valence-corrected chi connectivity index (χ2v) is 5.24. The van der Waals surface area contributed by atoms with Crippen LogP contribution in [0.2, 0.25) is 0 Å². The van der Waals surface area contributed by atoms with Crippen molar-refractivity contribution < 1.29 is 9.47 Å². The average molecular weight is 281 g/mol. The highest BCUT2D eigenvalue weighted by atomic mass is 16.5. The van der Waals surface area contributed by atoms with Crippen molar-refractivity contribution in [2.75, 3.05) is 14.2 Å². The number of aromatic nitrogens is 1. The highest BCUT2D eigenvalue weighted by Gasteiger charge is 2.12. The number of nitrogens with one attached hydrogen (secondary N) is 1. The molecule has 3 heteroatoms. The van der Waals surface area contributed by atoms with Crippen LogP contribution in [0.3, 0.4) is 0 Å². The first-order valence-corrected chi connectivity index (χ1v) is 6.95. The van der Waals surface area contributed by atoms with Crippen LogP contribution in [0.4, 0.5) is 0 Å². The number of H-pyrrole nitrogens is 1. The van der Waals surface area contributed by atoms with Gasteiger partial charge in [-0.3, -0.25) is 0 Å². The van der Waals surface area contributed by atoms with Crippen LogP contribution in [0.5, 0.6) is 11.5 Å². The summed E-state index contributed by atoms with van der Waals surface area (Å²) >= 11 is 0. The Morgan fingerprint density at radius 3 is 2.33 bits per heavy atom. The highest BCUT2D eigenvalue weighted by molar-refractivity contribution is 5.91. The monoisotopic (exact) mass is 281 g/mol. The Kier molecular flexibility index (Phi) is 3.34. The number of benzene rings is 2. The molecule has 2 aromatic carbocycles. The Balaban J connectivity index is 2.18. The Hall–Kier alpha value is -2.42. The smallest absolute Gasteiger partial charge is 0.161 e. The van der Waals surface area contributed by atoms with E-state index in [2.05, 4.69) is 37.0 Å². The lowest BCUT2D eigenvalue weighted by Crippen LogP contribution is -1.91. The molecule has 0 aliphatic rings. The molecule has 3 nitrogen and oxygen atoms in total. The number of hydrogen-bond donors (Lipinski definition) is 1. The molecule has 0 amide bonds. The summed E-state index contributed by atoms with van der Waals surface area (Å²) in [7, 11) is 3.30. The van der Waals surface area contributed by atoms with E-state index >= 15 is 0 Å². The zero-order valence-corrected chi connectivity index (χ0v) is 12.8. The van der Waals surface area contributed by atoms with Crippen molar-refractivity contribution in [1.82, 2.24) is 4.98 Å².